The van der Waals surface area contributed by atoms with Crippen LogP contribution in [0, 0.1) is 5.82 Å². The summed E-state index contributed by atoms with van der Waals surface area (Å²) in [7, 11) is 1.86. The predicted molar refractivity (Wildman–Crippen MR) is 77.8 cm³/mol. The lowest BCUT2D eigenvalue weighted by atomic mass is 10.0. The molecule has 1 unspecified atom stereocenters. The molecule has 0 amide bonds. The van der Waals surface area contributed by atoms with E-state index in [1.165, 1.54) is 6.07 Å². The Balaban J connectivity index is 2.48. The summed E-state index contributed by atoms with van der Waals surface area (Å²) >= 11 is 9.20. The van der Waals surface area contributed by atoms with Gasteiger partial charge in [-0.15, -0.1) is 0 Å². The predicted octanol–water partition coefficient (Wildman–Crippen LogP) is 3.67. The van der Waals surface area contributed by atoms with Crippen LogP contribution in [0.5, 0.6) is 0 Å². The third-order valence-electron chi connectivity index (χ3n) is 2.90. The summed E-state index contributed by atoms with van der Waals surface area (Å²) in [6.45, 7) is 2.76. The van der Waals surface area contributed by atoms with E-state index in [9.17, 15) is 4.39 Å². The number of hydrogen-bond donors (Lipinski definition) is 1. The van der Waals surface area contributed by atoms with Gasteiger partial charge in [-0.25, -0.2) is 4.39 Å². The molecular weight excluding hydrogens is 333 g/mol. The van der Waals surface area contributed by atoms with E-state index in [0.717, 1.165) is 22.3 Å². The molecule has 19 heavy (non-hydrogen) atoms. The number of nitrogens with one attached hydrogen (secondary N) is 1. The number of nitrogens with zero attached hydrogens (tertiary/aromatic N) is 2. The van der Waals surface area contributed by atoms with Crippen molar-refractivity contribution in [2.75, 3.05) is 6.54 Å². The van der Waals surface area contributed by atoms with Gasteiger partial charge in [0.2, 0.25) is 0 Å². The lowest BCUT2D eigenvalue weighted by Gasteiger charge is -2.19. The summed E-state index contributed by atoms with van der Waals surface area (Å²) in [5, 5.41) is 7.65. The summed E-state index contributed by atoms with van der Waals surface area (Å²) < 4.78 is 16.3. The fraction of sp³-hybridized carbons (Fsp3) is 0.308. The van der Waals surface area contributed by atoms with Gasteiger partial charge in [-0.05, 0) is 40.2 Å². The lowest BCUT2D eigenvalue weighted by Crippen LogP contribution is -2.24. The van der Waals surface area contributed by atoms with Crippen LogP contribution in [0.25, 0.3) is 0 Å². The van der Waals surface area contributed by atoms with E-state index in [-0.39, 0.29) is 11.1 Å². The highest BCUT2D eigenvalue weighted by molar-refractivity contribution is 9.10. The summed E-state index contributed by atoms with van der Waals surface area (Å²) in [4.78, 5) is 0. The summed E-state index contributed by atoms with van der Waals surface area (Å²) in [5.74, 6) is -0.416. The van der Waals surface area contributed by atoms with E-state index in [1.807, 2.05) is 20.0 Å². The van der Waals surface area contributed by atoms with E-state index in [4.69, 9.17) is 11.6 Å². The van der Waals surface area contributed by atoms with Gasteiger partial charge >= 0.3 is 0 Å². The average Bonchev–Trinajstić information content (AvgIpc) is 2.70. The van der Waals surface area contributed by atoms with Crippen molar-refractivity contribution in [1.82, 2.24) is 15.1 Å². The average molecular weight is 347 g/mol. The Bertz CT molecular complexity index is 566. The lowest BCUT2D eigenvalue weighted by molar-refractivity contribution is 0.563. The first-order valence-electron chi connectivity index (χ1n) is 5.90. The molecule has 0 bridgehead atoms. The van der Waals surface area contributed by atoms with Gasteiger partial charge in [0.1, 0.15) is 5.82 Å². The van der Waals surface area contributed by atoms with E-state index in [2.05, 4.69) is 26.3 Å². The third-order valence-corrected chi connectivity index (χ3v) is 3.81. The monoisotopic (exact) mass is 345 g/mol. The Morgan fingerprint density at radius 2 is 2.26 bits per heavy atom. The quantitative estimate of drug-likeness (QED) is 0.915. The van der Waals surface area contributed by atoms with Crippen molar-refractivity contribution in [2.24, 2.45) is 7.05 Å². The van der Waals surface area contributed by atoms with Crippen molar-refractivity contribution in [3.63, 3.8) is 0 Å². The molecular formula is C13H14BrClFN3. The van der Waals surface area contributed by atoms with Crippen molar-refractivity contribution >= 4 is 27.5 Å². The van der Waals surface area contributed by atoms with Crippen molar-refractivity contribution < 1.29 is 4.39 Å². The second-order valence-electron chi connectivity index (χ2n) is 4.17. The van der Waals surface area contributed by atoms with Crippen LogP contribution in [0.1, 0.15) is 24.2 Å². The Labute approximate surface area is 124 Å². The number of aromatic nitrogens is 2. The Morgan fingerprint density at radius 1 is 1.53 bits per heavy atom. The van der Waals surface area contributed by atoms with Crippen LogP contribution >= 0.6 is 27.5 Å². The van der Waals surface area contributed by atoms with Crippen LogP contribution in [0.3, 0.4) is 0 Å². The molecule has 0 fully saturated rings. The van der Waals surface area contributed by atoms with Gasteiger partial charge in [-0.1, -0.05) is 24.6 Å². The molecule has 6 heteroatoms. The van der Waals surface area contributed by atoms with Crippen molar-refractivity contribution in [1.29, 1.82) is 0 Å². The van der Waals surface area contributed by atoms with Crippen LogP contribution in [-0.2, 0) is 7.05 Å². The second-order valence-corrected chi connectivity index (χ2v) is 5.43. The Kier molecular flexibility index (Phi) is 4.60. The molecule has 0 aliphatic rings. The van der Waals surface area contributed by atoms with E-state index in [1.54, 1.807) is 16.9 Å². The van der Waals surface area contributed by atoms with Crippen LogP contribution in [-0.4, -0.2) is 16.3 Å². The molecule has 1 aromatic heterocycles. The standard InChI is InChI=1S/C13H14BrClFN3/c1-3-17-12(13-9(14)7-18-19(13)2)8-4-5-10(15)11(16)6-8/h4-7,12,17H,3H2,1-2H3. The van der Waals surface area contributed by atoms with Crippen LogP contribution in [0.2, 0.25) is 5.02 Å². The molecule has 1 atom stereocenters. The minimum Gasteiger partial charge on any atom is -0.305 e. The minimum absolute atomic E-state index is 0.128. The molecule has 1 heterocycles. The van der Waals surface area contributed by atoms with Crippen molar-refractivity contribution in [2.45, 2.75) is 13.0 Å². The highest BCUT2D eigenvalue weighted by Gasteiger charge is 2.20. The van der Waals surface area contributed by atoms with Crippen molar-refractivity contribution in [3.8, 4) is 0 Å². The largest absolute Gasteiger partial charge is 0.305 e. The van der Waals surface area contributed by atoms with Gasteiger partial charge in [0.05, 0.1) is 27.4 Å². The van der Waals surface area contributed by atoms with Gasteiger partial charge < -0.3 is 5.32 Å². The number of aryl methyl sites for hydroxylation is 1. The second kappa shape index (κ2) is 6.03. The number of hydrogen-bond acceptors (Lipinski definition) is 2. The maximum absolute atomic E-state index is 13.6. The topological polar surface area (TPSA) is 29.9 Å². The molecule has 2 rings (SSSR count). The summed E-state index contributed by atoms with van der Waals surface area (Å²) in [6.07, 6.45) is 1.73. The number of rotatable bonds is 4. The van der Waals surface area contributed by atoms with E-state index >= 15 is 0 Å². The highest BCUT2D eigenvalue weighted by Crippen LogP contribution is 2.29. The first-order chi connectivity index (χ1) is 9.04. The maximum atomic E-state index is 13.6. The summed E-state index contributed by atoms with van der Waals surface area (Å²) in [5.41, 5.74) is 1.76. The van der Waals surface area contributed by atoms with Crippen LogP contribution < -0.4 is 5.32 Å². The molecule has 0 aliphatic heterocycles. The molecule has 3 nitrogen and oxygen atoms in total. The molecule has 0 spiro atoms. The summed E-state index contributed by atoms with van der Waals surface area (Å²) in [6, 6.07) is 4.70. The molecule has 0 radical (unpaired) electrons. The zero-order valence-corrected chi connectivity index (χ0v) is 13.0. The molecule has 0 saturated heterocycles. The molecule has 1 aromatic carbocycles. The highest BCUT2D eigenvalue weighted by atomic mass is 79.9. The molecule has 102 valence electrons. The molecule has 1 N–H and O–H groups in total. The Morgan fingerprint density at radius 3 is 2.79 bits per heavy atom. The number of benzene rings is 1. The fourth-order valence-electron chi connectivity index (χ4n) is 2.01. The van der Waals surface area contributed by atoms with Gasteiger partial charge in [0.25, 0.3) is 0 Å². The minimum atomic E-state index is -0.416. The smallest absolute Gasteiger partial charge is 0.142 e. The molecule has 0 aliphatic carbocycles. The Hall–Kier alpha value is -0.910. The van der Waals surface area contributed by atoms with Gasteiger partial charge in [0, 0.05) is 7.05 Å². The van der Waals surface area contributed by atoms with Crippen molar-refractivity contribution in [3.05, 3.63) is 51.0 Å². The van der Waals surface area contributed by atoms with Crippen LogP contribution in [0.4, 0.5) is 4.39 Å². The zero-order chi connectivity index (χ0) is 14.0. The molecule has 2 aromatic rings. The number of halogens is 3. The van der Waals surface area contributed by atoms with Gasteiger partial charge in [-0.3, -0.25) is 4.68 Å². The van der Waals surface area contributed by atoms with Gasteiger partial charge in [0.15, 0.2) is 0 Å². The zero-order valence-electron chi connectivity index (χ0n) is 10.6. The molecule has 0 saturated carbocycles. The van der Waals surface area contributed by atoms with E-state index < -0.39 is 5.82 Å². The SMILES string of the molecule is CCNC(c1ccc(Cl)c(F)c1)c1c(Br)cnn1C. The normalized spacial score (nSPS) is 12.7. The first kappa shape index (κ1) is 14.5. The van der Waals surface area contributed by atoms with E-state index in [0.29, 0.717) is 0 Å². The fourth-order valence-corrected chi connectivity index (χ4v) is 2.71. The van der Waals surface area contributed by atoms with Gasteiger partial charge in [-0.2, -0.15) is 5.10 Å². The third kappa shape index (κ3) is 2.99. The van der Waals surface area contributed by atoms with Crippen LogP contribution in [0.15, 0.2) is 28.9 Å². The first-order valence-corrected chi connectivity index (χ1v) is 7.07. The maximum Gasteiger partial charge on any atom is 0.142 e.